The minimum absolute atomic E-state index is 0.156. The Kier molecular flexibility index (Phi) is 6.32. The lowest BCUT2D eigenvalue weighted by atomic mass is 10.1. The Morgan fingerprint density at radius 2 is 1.62 bits per heavy atom. The molecule has 0 spiro atoms. The average molecular weight is 447 g/mol. The van der Waals surface area contributed by atoms with Crippen LogP contribution in [0.4, 0.5) is 5.69 Å². The fourth-order valence-electron chi connectivity index (χ4n) is 3.27. The molecule has 1 amide bonds. The van der Waals surface area contributed by atoms with Crippen molar-refractivity contribution in [1.82, 2.24) is 15.1 Å². The molecule has 0 atom stereocenters. The summed E-state index contributed by atoms with van der Waals surface area (Å²) >= 11 is 0. The van der Waals surface area contributed by atoms with Crippen LogP contribution in [0.15, 0.2) is 102 Å². The molecule has 2 N–H and O–H groups in total. The Labute approximate surface area is 186 Å². The Balaban J connectivity index is 1.44. The van der Waals surface area contributed by atoms with E-state index in [1.54, 1.807) is 42.6 Å². The topological polar surface area (TPSA) is 93.1 Å². The van der Waals surface area contributed by atoms with E-state index in [1.165, 1.54) is 18.2 Å². The van der Waals surface area contributed by atoms with E-state index in [0.29, 0.717) is 24.3 Å². The van der Waals surface area contributed by atoms with E-state index in [9.17, 15) is 13.2 Å². The number of hydrogen-bond donors (Lipinski definition) is 2. The van der Waals surface area contributed by atoms with E-state index in [2.05, 4.69) is 15.1 Å². The van der Waals surface area contributed by atoms with Gasteiger partial charge in [-0.2, -0.15) is 5.10 Å². The lowest BCUT2D eigenvalue weighted by Gasteiger charge is -2.12. The minimum Gasteiger partial charge on any atom is -0.348 e. The highest BCUT2D eigenvalue weighted by atomic mass is 32.2. The molecule has 0 aliphatic heterocycles. The molecule has 4 aromatic rings. The first-order valence-corrected chi connectivity index (χ1v) is 11.5. The number of amides is 1. The predicted octanol–water partition coefficient (Wildman–Crippen LogP) is 3.66. The molecule has 0 radical (unpaired) electrons. The van der Waals surface area contributed by atoms with Gasteiger partial charge in [-0.15, -0.1) is 0 Å². The molecule has 0 aliphatic carbocycles. The number of nitrogens with one attached hydrogen (secondary N) is 2. The normalized spacial score (nSPS) is 11.1. The van der Waals surface area contributed by atoms with Gasteiger partial charge in [0.25, 0.3) is 15.9 Å². The molecule has 0 aliphatic rings. The summed E-state index contributed by atoms with van der Waals surface area (Å²) in [7, 11) is -3.73. The maximum Gasteiger partial charge on any atom is 0.261 e. The SMILES string of the molecule is O=C(NCc1ccccc1Cn1cccn1)c1cccc(NS(=O)(=O)c2ccccc2)c1. The molecule has 3 aromatic carbocycles. The minimum atomic E-state index is -3.73. The van der Waals surface area contributed by atoms with Gasteiger partial charge in [0.05, 0.1) is 11.4 Å². The summed E-state index contributed by atoms with van der Waals surface area (Å²) in [5.41, 5.74) is 2.72. The molecule has 0 fully saturated rings. The lowest BCUT2D eigenvalue weighted by molar-refractivity contribution is 0.0951. The molecule has 8 heteroatoms. The average Bonchev–Trinajstić information content (AvgIpc) is 3.32. The second-order valence-electron chi connectivity index (χ2n) is 7.15. The molecule has 7 nitrogen and oxygen atoms in total. The summed E-state index contributed by atoms with van der Waals surface area (Å²) in [6.07, 6.45) is 3.61. The fraction of sp³-hybridized carbons (Fsp3) is 0.0833. The van der Waals surface area contributed by atoms with Crippen LogP contribution in [0.5, 0.6) is 0 Å². The molecule has 0 saturated heterocycles. The highest BCUT2D eigenvalue weighted by Gasteiger charge is 2.15. The number of anilines is 1. The number of carbonyl (C=O) groups excluding carboxylic acids is 1. The van der Waals surface area contributed by atoms with Crippen molar-refractivity contribution in [1.29, 1.82) is 0 Å². The van der Waals surface area contributed by atoms with Crippen LogP contribution in [-0.4, -0.2) is 24.1 Å². The van der Waals surface area contributed by atoms with Crippen molar-refractivity contribution < 1.29 is 13.2 Å². The van der Waals surface area contributed by atoms with Gasteiger partial charge in [0.2, 0.25) is 0 Å². The standard InChI is InChI=1S/C24H22N4O3S/c29-24(25-17-20-8-4-5-9-21(20)18-28-15-7-14-26-28)19-10-6-11-22(16-19)27-32(30,31)23-12-2-1-3-13-23/h1-16,27H,17-18H2,(H,25,29). The summed E-state index contributed by atoms with van der Waals surface area (Å²) in [6.45, 7) is 0.950. The summed E-state index contributed by atoms with van der Waals surface area (Å²) in [6, 6.07) is 24.2. The molecule has 4 rings (SSSR count). The van der Waals surface area contributed by atoms with Gasteiger partial charge >= 0.3 is 0 Å². The molecular weight excluding hydrogens is 424 g/mol. The van der Waals surface area contributed by atoms with Crippen molar-refractivity contribution in [3.63, 3.8) is 0 Å². The summed E-state index contributed by atoms with van der Waals surface area (Å²) in [5, 5.41) is 7.14. The first-order chi connectivity index (χ1) is 15.5. The van der Waals surface area contributed by atoms with Crippen molar-refractivity contribution in [2.24, 2.45) is 0 Å². The summed E-state index contributed by atoms with van der Waals surface area (Å²) in [5.74, 6) is -0.292. The van der Waals surface area contributed by atoms with Gasteiger partial charge in [0.15, 0.2) is 0 Å². The lowest BCUT2D eigenvalue weighted by Crippen LogP contribution is -2.24. The van der Waals surface area contributed by atoms with Crippen molar-refractivity contribution in [3.8, 4) is 0 Å². The second kappa shape index (κ2) is 9.49. The largest absolute Gasteiger partial charge is 0.348 e. The molecular formula is C24H22N4O3S. The Morgan fingerprint density at radius 1 is 0.875 bits per heavy atom. The van der Waals surface area contributed by atoms with Gasteiger partial charge in [-0.05, 0) is 47.5 Å². The molecule has 1 heterocycles. The molecule has 32 heavy (non-hydrogen) atoms. The molecule has 0 bridgehead atoms. The molecule has 0 saturated carbocycles. The van der Waals surface area contributed by atoms with E-state index >= 15 is 0 Å². The monoisotopic (exact) mass is 446 g/mol. The van der Waals surface area contributed by atoms with Crippen LogP contribution < -0.4 is 10.0 Å². The van der Waals surface area contributed by atoms with E-state index in [1.807, 2.05) is 41.2 Å². The number of sulfonamides is 1. The zero-order valence-corrected chi connectivity index (χ0v) is 18.0. The highest BCUT2D eigenvalue weighted by molar-refractivity contribution is 7.92. The van der Waals surface area contributed by atoms with Crippen LogP contribution in [0.25, 0.3) is 0 Å². The van der Waals surface area contributed by atoms with Gasteiger partial charge in [-0.1, -0.05) is 48.5 Å². The molecule has 0 unspecified atom stereocenters. The van der Waals surface area contributed by atoms with Crippen molar-refractivity contribution in [2.45, 2.75) is 18.0 Å². The summed E-state index contributed by atoms with van der Waals surface area (Å²) in [4.78, 5) is 12.9. The number of benzene rings is 3. The Bertz CT molecular complexity index is 1300. The first-order valence-electron chi connectivity index (χ1n) is 10.0. The van der Waals surface area contributed by atoms with E-state index in [4.69, 9.17) is 0 Å². The smallest absolute Gasteiger partial charge is 0.261 e. The zero-order valence-electron chi connectivity index (χ0n) is 17.2. The number of carbonyl (C=O) groups is 1. The van der Waals surface area contributed by atoms with Crippen LogP contribution >= 0.6 is 0 Å². The van der Waals surface area contributed by atoms with Crippen LogP contribution in [0.1, 0.15) is 21.5 Å². The third kappa shape index (κ3) is 5.22. The zero-order chi connectivity index (χ0) is 22.4. The third-order valence-electron chi connectivity index (χ3n) is 4.88. The highest BCUT2D eigenvalue weighted by Crippen LogP contribution is 2.17. The van der Waals surface area contributed by atoms with Crippen LogP contribution in [0.2, 0.25) is 0 Å². The van der Waals surface area contributed by atoms with E-state index < -0.39 is 10.0 Å². The van der Waals surface area contributed by atoms with Gasteiger partial charge in [0.1, 0.15) is 0 Å². The maximum absolute atomic E-state index is 12.7. The Morgan fingerprint density at radius 3 is 2.38 bits per heavy atom. The second-order valence-corrected chi connectivity index (χ2v) is 8.84. The number of hydrogen-bond acceptors (Lipinski definition) is 4. The van der Waals surface area contributed by atoms with Gasteiger partial charge in [-0.25, -0.2) is 8.42 Å². The van der Waals surface area contributed by atoms with Gasteiger partial charge in [0, 0.05) is 30.2 Å². The van der Waals surface area contributed by atoms with Crippen LogP contribution in [0.3, 0.4) is 0 Å². The van der Waals surface area contributed by atoms with E-state index in [-0.39, 0.29) is 10.8 Å². The van der Waals surface area contributed by atoms with Crippen LogP contribution in [-0.2, 0) is 23.1 Å². The third-order valence-corrected chi connectivity index (χ3v) is 6.28. The summed E-state index contributed by atoms with van der Waals surface area (Å²) < 4.78 is 29.4. The number of rotatable bonds is 8. The molecule has 1 aromatic heterocycles. The predicted molar refractivity (Wildman–Crippen MR) is 123 cm³/mol. The maximum atomic E-state index is 12.7. The quantitative estimate of drug-likeness (QED) is 0.432. The van der Waals surface area contributed by atoms with Crippen molar-refractivity contribution in [2.75, 3.05) is 4.72 Å². The van der Waals surface area contributed by atoms with Crippen molar-refractivity contribution in [3.05, 3.63) is 114 Å². The van der Waals surface area contributed by atoms with Gasteiger partial charge < -0.3 is 5.32 Å². The first kappa shape index (κ1) is 21.3. The fourth-order valence-corrected chi connectivity index (χ4v) is 4.34. The van der Waals surface area contributed by atoms with Crippen molar-refractivity contribution >= 4 is 21.6 Å². The van der Waals surface area contributed by atoms with Crippen LogP contribution in [0, 0.1) is 0 Å². The Hall–Kier alpha value is -3.91. The number of aromatic nitrogens is 2. The number of nitrogens with zero attached hydrogens (tertiary/aromatic N) is 2. The van der Waals surface area contributed by atoms with E-state index in [0.717, 1.165) is 11.1 Å². The van der Waals surface area contributed by atoms with Gasteiger partial charge in [-0.3, -0.25) is 14.2 Å². The molecule has 162 valence electrons.